The number of carbonyl (C=O) groups excluding carboxylic acids is 1. The molecule has 6 rings (SSSR count). The van der Waals surface area contributed by atoms with Gasteiger partial charge in [-0.05, 0) is 26.3 Å². The first kappa shape index (κ1) is 25.8. The quantitative estimate of drug-likeness (QED) is 0.583. The molecule has 0 radical (unpaired) electrons. The summed E-state index contributed by atoms with van der Waals surface area (Å²) in [5.74, 6) is 1.33. The van der Waals surface area contributed by atoms with E-state index in [4.69, 9.17) is 20.4 Å². The lowest BCUT2D eigenvalue weighted by Crippen LogP contribution is -2.52. The summed E-state index contributed by atoms with van der Waals surface area (Å²) in [6.07, 6.45) is 5.14. The fourth-order valence-electron chi connectivity index (χ4n) is 5.84. The summed E-state index contributed by atoms with van der Waals surface area (Å²) in [6, 6.07) is 0. The Morgan fingerprint density at radius 3 is 2.59 bits per heavy atom. The maximum Gasteiger partial charge on any atom is 0.261 e. The molecule has 200 valence electrons. The Morgan fingerprint density at radius 2 is 1.89 bits per heavy atom. The van der Waals surface area contributed by atoms with Gasteiger partial charge in [0.2, 0.25) is 17.6 Å². The summed E-state index contributed by atoms with van der Waals surface area (Å²) in [4.78, 5) is 37.5. The van der Waals surface area contributed by atoms with E-state index in [1.807, 2.05) is 0 Å². The molecule has 0 aliphatic carbocycles. The first-order valence-electron chi connectivity index (χ1n) is 12.6. The molecular weight excluding hydrogens is 501 g/mol. The molecule has 0 unspecified atom stereocenters. The predicted molar refractivity (Wildman–Crippen MR) is 140 cm³/mol. The molecule has 0 aromatic carbocycles. The molecular formula is C24H33ClFN9O2. The van der Waals surface area contributed by atoms with Crippen molar-refractivity contribution in [1.82, 2.24) is 30.2 Å². The lowest BCUT2D eigenvalue weighted by molar-refractivity contribution is -0.141. The number of ether oxygens (including phenoxy) is 1. The molecule has 6 heterocycles. The zero-order valence-electron chi connectivity index (χ0n) is 21.0. The molecule has 0 spiro atoms. The van der Waals surface area contributed by atoms with Gasteiger partial charge in [-0.15, -0.1) is 12.4 Å². The molecule has 2 atom stereocenters. The zero-order valence-corrected chi connectivity index (χ0v) is 21.8. The van der Waals surface area contributed by atoms with E-state index in [1.165, 1.54) is 0 Å². The van der Waals surface area contributed by atoms with Crippen LogP contribution in [0, 0.1) is 0 Å². The van der Waals surface area contributed by atoms with Gasteiger partial charge in [0.15, 0.2) is 0 Å². The number of hydrogen-bond donors (Lipinski definition) is 2. The van der Waals surface area contributed by atoms with Crippen LogP contribution in [0.1, 0.15) is 25.3 Å². The third kappa shape index (κ3) is 4.55. The second kappa shape index (κ2) is 9.80. The van der Waals surface area contributed by atoms with Gasteiger partial charge >= 0.3 is 0 Å². The van der Waals surface area contributed by atoms with E-state index in [2.05, 4.69) is 32.0 Å². The minimum absolute atomic E-state index is 0. The number of nitrogen functional groups attached to an aromatic ring is 1. The van der Waals surface area contributed by atoms with Crippen LogP contribution in [0.25, 0.3) is 11.3 Å². The van der Waals surface area contributed by atoms with Gasteiger partial charge in [-0.2, -0.15) is 4.98 Å². The number of carbonyl (C=O) groups is 1. The zero-order chi connectivity index (χ0) is 24.9. The molecule has 2 aromatic heterocycles. The van der Waals surface area contributed by atoms with Gasteiger partial charge in [0, 0.05) is 69.2 Å². The van der Waals surface area contributed by atoms with Crippen molar-refractivity contribution in [2.75, 3.05) is 74.6 Å². The van der Waals surface area contributed by atoms with Gasteiger partial charge in [0.25, 0.3) is 5.91 Å². The smallest absolute Gasteiger partial charge is 0.261 e. The van der Waals surface area contributed by atoms with Crippen LogP contribution >= 0.6 is 12.4 Å². The average molecular weight is 534 g/mol. The highest BCUT2D eigenvalue weighted by molar-refractivity contribution is 5.86. The minimum Gasteiger partial charge on any atom is -0.378 e. The molecule has 13 heteroatoms. The number of fused-ring (bicyclic) bond motifs is 1. The van der Waals surface area contributed by atoms with Crippen LogP contribution in [-0.4, -0.2) is 101 Å². The first-order valence-corrected chi connectivity index (χ1v) is 12.6. The normalized spacial score (nSPS) is 27.4. The van der Waals surface area contributed by atoms with E-state index in [1.54, 1.807) is 17.3 Å². The Bertz CT molecular complexity index is 1160. The first-order chi connectivity index (χ1) is 17.4. The van der Waals surface area contributed by atoms with E-state index in [9.17, 15) is 4.79 Å². The number of morpholine rings is 1. The molecule has 11 nitrogen and oxygen atoms in total. The number of nitrogens with zero attached hydrogens (tertiary/aromatic N) is 7. The summed E-state index contributed by atoms with van der Waals surface area (Å²) in [6.45, 7) is 7.20. The maximum atomic E-state index is 15.2. The molecule has 3 saturated heterocycles. The lowest BCUT2D eigenvalue weighted by Gasteiger charge is -2.38. The summed E-state index contributed by atoms with van der Waals surface area (Å²) >= 11 is 0. The van der Waals surface area contributed by atoms with E-state index in [0.29, 0.717) is 51.9 Å². The average Bonchev–Trinajstić information content (AvgIpc) is 3.63. The van der Waals surface area contributed by atoms with E-state index in [-0.39, 0.29) is 36.9 Å². The largest absolute Gasteiger partial charge is 0.378 e. The molecule has 1 amide bonds. The molecule has 3 fully saturated rings. The number of aromatic nitrogens is 4. The van der Waals surface area contributed by atoms with Gasteiger partial charge in [0.1, 0.15) is 5.82 Å². The Morgan fingerprint density at radius 1 is 1.14 bits per heavy atom. The summed E-state index contributed by atoms with van der Waals surface area (Å²) in [7, 11) is 0. The van der Waals surface area contributed by atoms with Gasteiger partial charge in [0.05, 0.1) is 24.4 Å². The summed E-state index contributed by atoms with van der Waals surface area (Å²) in [5.41, 5.74) is 6.21. The Kier molecular flexibility index (Phi) is 6.84. The maximum absolute atomic E-state index is 15.2. The van der Waals surface area contributed by atoms with Gasteiger partial charge < -0.3 is 30.5 Å². The number of anilines is 3. The van der Waals surface area contributed by atoms with Crippen molar-refractivity contribution in [1.29, 1.82) is 0 Å². The molecule has 4 aliphatic rings. The Balaban J connectivity index is 0.00000280. The molecule has 0 bridgehead atoms. The lowest BCUT2D eigenvalue weighted by atomic mass is 9.99. The minimum atomic E-state index is -1.80. The summed E-state index contributed by atoms with van der Waals surface area (Å²) < 4.78 is 20.8. The topological polar surface area (TPSA) is 126 Å². The number of amides is 1. The second-order valence-corrected chi connectivity index (χ2v) is 10.4. The van der Waals surface area contributed by atoms with E-state index in [0.717, 1.165) is 42.0 Å². The SMILES string of the molecule is C[C@]1(N2CCc3c(-c4cnc(N)nc4)nc(N4CCOCC4)nc32)CCN(C(=O)[C@]2(F)CCNC2)C1.Cl. The Hall–Kier alpha value is -2.83. The molecule has 4 aliphatic heterocycles. The highest BCUT2D eigenvalue weighted by Gasteiger charge is 2.50. The second-order valence-electron chi connectivity index (χ2n) is 10.4. The van der Waals surface area contributed by atoms with Crippen LogP contribution < -0.4 is 20.9 Å². The number of likely N-dealkylation sites (tertiary alicyclic amines) is 1. The van der Waals surface area contributed by atoms with Crippen molar-refractivity contribution in [2.24, 2.45) is 0 Å². The van der Waals surface area contributed by atoms with E-state index >= 15 is 4.39 Å². The number of halogens is 2. The highest BCUT2D eigenvalue weighted by Crippen LogP contribution is 2.42. The van der Waals surface area contributed by atoms with Crippen molar-refractivity contribution < 1.29 is 13.9 Å². The van der Waals surface area contributed by atoms with Crippen LogP contribution in [0.5, 0.6) is 0 Å². The molecule has 0 saturated carbocycles. The van der Waals surface area contributed by atoms with Crippen LogP contribution in [-0.2, 0) is 16.0 Å². The predicted octanol–water partition coefficient (Wildman–Crippen LogP) is 0.829. The van der Waals surface area contributed by atoms with E-state index < -0.39 is 11.6 Å². The monoisotopic (exact) mass is 533 g/mol. The third-order valence-corrected chi connectivity index (χ3v) is 7.93. The van der Waals surface area contributed by atoms with Gasteiger partial charge in [-0.1, -0.05) is 0 Å². The summed E-state index contributed by atoms with van der Waals surface area (Å²) in [5, 5.41) is 2.99. The number of hydrogen-bond acceptors (Lipinski definition) is 10. The molecule has 37 heavy (non-hydrogen) atoms. The fourth-order valence-corrected chi connectivity index (χ4v) is 5.84. The Labute approximate surface area is 221 Å². The van der Waals surface area contributed by atoms with Crippen LogP contribution in [0.15, 0.2) is 12.4 Å². The standard InChI is InChI=1S/C24H32FN9O2.ClH/c1-23(4-7-33(15-23)20(35)24(25)3-5-27-14-24)34-6-2-17-18(16-12-28-21(26)29-13-16)30-22(31-19(17)34)32-8-10-36-11-9-32;/h12-13,27H,2-11,14-15H2,1H3,(H2,26,28,29);1H/t23-,24-;/m0./s1. The van der Waals surface area contributed by atoms with Crippen LogP contribution in [0.4, 0.5) is 22.1 Å². The number of nitrogens with one attached hydrogen (secondary N) is 1. The highest BCUT2D eigenvalue weighted by atomic mass is 35.5. The molecule has 3 N–H and O–H groups in total. The van der Waals surface area contributed by atoms with Crippen LogP contribution in [0.3, 0.4) is 0 Å². The van der Waals surface area contributed by atoms with Crippen molar-refractivity contribution in [3.63, 3.8) is 0 Å². The van der Waals surface area contributed by atoms with Crippen molar-refractivity contribution >= 4 is 36.0 Å². The van der Waals surface area contributed by atoms with Gasteiger partial charge in [-0.3, -0.25) is 4.79 Å². The van der Waals surface area contributed by atoms with Crippen molar-refractivity contribution in [3.05, 3.63) is 18.0 Å². The number of rotatable bonds is 4. The van der Waals surface area contributed by atoms with Gasteiger partial charge in [-0.25, -0.2) is 19.3 Å². The van der Waals surface area contributed by atoms with Crippen LogP contribution in [0.2, 0.25) is 0 Å². The number of alkyl halides is 1. The number of nitrogens with two attached hydrogens (primary N) is 1. The fraction of sp³-hybridized carbons (Fsp3) is 0.625. The van der Waals surface area contributed by atoms with Crippen molar-refractivity contribution in [2.45, 2.75) is 37.4 Å². The third-order valence-electron chi connectivity index (χ3n) is 7.93. The van der Waals surface area contributed by atoms with Crippen molar-refractivity contribution in [3.8, 4) is 11.3 Å². The molecule has 2 aromatic rings.